The second kappa shape index (κ2) is 8.54. The predicted octanol–water partition coefficient (Wildman–Crippen LogP) is 4.88. The van der Waals surface area contributed by atoms with Gasteiger partial charge < -0.3 is 9.64 Å². The molecule has 2 aromatic carbocycles. The normalized spacial score (nSPS) is 21.8. The highest BCUT2D eigenvalue weighted by molar-refractivity contribution is 7.91. The Hall–Kier alpha value is -2.34. The number of benzene rings is 2. The summed E-state index contributed by atoms with van der Waals surface area (Å²) in [4.78, 5) is 15.0. The number of amides is 1. The monoisotopic (exact) mass is 455 g/mol. The zero-order valence-electron chi connectivity index (χ0n) is 19.4. The van der Waals surface area contributed by atoms with Crippen molar-refractivity contribution < 1.29 is 17.9 Å². The first-order valence-electron chi connectivity index (χ1n) is 11.4. The van der Waals surface area contributed by atoms with Crippen LogP contribution in [-0.4, -0.2) is 43.9 Å². The largest absolute Gasteiger partial charge is 0.491 e. The van der Waals surface area contributed by atoms with Gasteiger partial charge in [0, 0.05) is 13.0 Å². The summed E-state index contributed by atoms with van der Waals surface area (Å²) in [5, 5.41) is 0. The molecule has 0 radical (unpaired) electrons. The summed E-state index contributed by atoms with van der Waals surface area (Å²) in [6.45, 7) is 6.07. The minimum atomic E-state index is -2.92. The fraction of sp³-hybridized carbons (Fsp3) is 0.500. The number of ether oxygens (including phenoxy) is 1. The van der Waals surface area contributed by atoms with E-state index in [9.17, 15) is 13.2 Å². The first kappa shape index (κ1) is 22.8. The lowest BCUT2D eigenvalue weighted by atomic mass is 9.95. The molecule has 172 valence electrons. The van der Waals surface area contributed by atoms with Crippen molar-refractivity contribution in [3.8, 4) is 16.9 Å². The van der Waals surface area contributed by atoms with Crippen molar-refractivity contribution in [3.63, 3.8) is 0 Å². The van der Waals surface area contributed by atoms with Crippen LogP contribution in [0, 0.1) is 11.3 Å². The van der Waals surface area contributed by atoms with Crippen LogP contribution in [0.5, 0.6) is 5.75 Å². The Morgan fingerprint density at radius 2 is 1.69 bits per heavy atom. The van der Waals surface area contributed by atoms with Crippen LogP contribution in [0.25, 0.3) is 11.1 Å². The van der Waals surface area contributed by atoms with Gasteiger partial charge in [-0.15, -0.1) is 0 Å². The summed E-state index contributed by atoms with van der Waals surface area (Å²) in [6.07, 6.45) is 2.21. The zero-order valence-corrected chi connectivity index (χ0v) is 20.2. The maximum Gasteiger partial charge on any atom is 0.226 e. The van der Waals surface area contributed by atoms with Gasteiger partial charge >= 0.3 is 0 Å². The molecule has 0 N–H and O–H groups in total. The topological polar surface area (TPSA) is 63.7 Å². The van der Waals surface area contributed by atoms with Gasteiger partial charge in [-0.2, -0.15) is 0 Å². The van der Waals surface area contributed by atoms with Gasteiger partial charge in [0.2, 0.25) is 5.91 Å². The van der Waals surface area contributed by atoms with E-state index < -0.39 is 9.84 Å². The molecule has 1 aliphatic carbocycles. The number of nitrogens with zero attached hydrogens (tertiary/aromatic N) is 1. The minimum Gasteiger partial charge on any atom is -0.491 e. The summed E-state index contributed by atoms with van der Waals surface area (Å²) in [5.74, 6) is 1.39. The molecular formula is C26H33NO4S. The van der Waals surface area contributed by atoms with Crippen LogP contribution in [-0.2, 0) is 14.6 Å². The number of carbonyl (C=O) groups excluding carboxylic acids is 1. The third-order valence-electron chi connectivity index (χ3n) is 7.17. The van der Waals surface area contributed by atoms with Crippen LogP contribution in [0.2, 0.25) is 0 Å². The molecule has 2 aromatic rings. The Balaban J connectivity index is 1.44. The van der Waals surface area contributed by atoms with Crippen molar-refractivity contribution in [2.24, 2.45) is 11.3 Å². The van der Waals surface area contributed by atoms with Crippen LogP contribution in [0.3, 0.4) is 0 Å². The van der Waals surface area contributed by atoms with Gasteiger partial charge in [-0.05, 0) is 80.3 Å². The Labute approximate surface area is 191 Å². The van der Waals surface area contributed by atoms with E-state index in [0.717, 1.165) is 28.9 Å². The zero-order chi connectivity index (χ0) is 23.1. The van der Waals surface area contributed by atoms with Crippen LogP contribution >= 0.6 is 0 Å². The Morgan fingerprint density at radius 3 is 2.31 bits per heavy atom. The highest BCUT2D eigenvalue weighted by atomic mass is 32.2. The van der Waals surface area contributed by atoms with E-state index in [4.69, 9.17) is 4.74 Å². The molecule has 6 heteroatoms. The molecule has 4 rings (SSSR count). The Kier molecular flexibility index (Phi) is 6.10. The van der Waals surface area contributed by atoms with Crippen LogP contribution in [0.1, 0.15) is 51.6 Å². The van der Waals surface area contributed by atoms with Crippen molar-refractivity contribution in [2.75, 3.05) is 18.6 Å². The molecule has 1 heterocycles. The molecule has 32 heavy (non-hydrogen) atoms. The van der Waals surface area contributed by atoms with Crippen molar-refractivity contribution in [1.29, 1.82) is 0 Å². The number of hydrogen-bond donors (Lipinski definition) is 0. The Morgan fingerprint density at radius 1 is 1.03 bits per heavy atom. The molecule has 2 aliphatic rings. The minimum absolute atomic E-state index is 0.0397. The summed E-state index contributed by atoms with van der Waals surface area (Å²) in [6, 6.07) is 16.3. The summed E-state index contributed by atoms with van der Waals surface area (Å²) in [7, 11) is -1.05. The maximum absolute atomic E-state index is 13.2. The first-order valence-corrected chi connectivity index (χ1v) is 13.3. The average molecular weight is 456 g/mol. The van der Waals surface area contributed by atoms with Crippen molar-refractivity contribution in [3.05, 3.63) is 54.1 Å². The predicted molar refractivity (Wildman–Crippen MR) is 127 cm³/mol. The van der Waals surface area contributed by atoms with E-state index in [0.29, 0.717) is 12.8 Å². The quantitative estimate of drug-likeness (QED) is 0.623. The highest BCUT2D eigenvalue weighted by Gasteiger charge is 2.60. The van der Waals surface area contributed by atoms with Gasteiger partial charge in [-0.1, -0.05) is 30.3 Å². The molecule has 1 saturated carbocycles. The summed E-state index contributed by atoms with van der Waals surface area (Å²) >= 11 is 0. The van der Waals surface area contributed by atoms with E-state index in [-0.39, 0.29) is 40.9 Å². The molecule has 0 bridgehead atoms. The van der Waals surface area contributed by atoms with E-state index in [1.165, 1.54) is 0 Å². The lowest BCUT2D eigenvalue weighted by molar-refractivity contribution is -0.134. The first-order chi connectivity index (χ1) is 15.1. The molecule has 1 spiro atoms. The fourth-order valence-electron chi connectivity index (χ4n) is 4.83. The SMILES string of the molecule is CC(C)Oc1ccc(-c2cccc(C(C)N(C)C(=O)C3CC34CCS(=O)(=O)CC4)c2)cc1. The molecular weight excluding hydrogens is 422 g/mol. The lowest BCUT2D eigenvalue weighted by Crippen LogP contribution is -2.34. The molecule has 2 fully saturated rings. The van der Waals surface area contributed by atoms with E-state index >= 15 is 0 Å². The van der Waals surface area contributed by atoms with Crippen molar-refractivity contribution in [2.45, 2.75) is 52.2 Å². The van der Waals surface area contributed by atoms with Crippen LogP contribution < -0.4 is 4.74 Å². The van der Waals surface area contributed by atoms with Gasteiger partial charge in [0.15, 0.2) is 0 Å². The van der Waals surface area contributed by atoms with Crippen molar-refractivity contribution in [1.82, 2.24) is 4.90 Å². The molecule has 5 nitrogen and oxygen atoms in total. The highest BCUT2D eigenvalue weighted by Crippen LogP contribution is 2.60. The van der Waals surface area contributed by atoms with Gasteiger partial charge in [0.05, 0.1) is 23.7 Å². The number of sulfone groups is 1. The average Bonchev–Trinajstić information content (AvgIpc) is 3.49. The maximum atomic E-state index is 13.2. The second-order valence-electron chi connectivity index (χ2n) is 9.71. The van der Waals surface area contributed by atoms with Gasteiger partial charge in [0.25, 0.3) is 0 Å². The number of hydrogen-bond acceptors (Lipinski definition) is 4. The summed E-state index contributed by atoms with van der Waals surface area (Å²) < 4.78 is 29.3. The molecule has 0 aromatic heterocycles. The van der Waals surface area contributed by atoms with Crippen molar-refractivity contribution >= 4 is 15.7 Å². The van der Waals surface area contributed by atoms with Gasteiger partial charge in [-0.3, -0.25) is 4.79 Å². The smallest absolute Gasteiger partial charge is 0.226 e. The van der Waals surface area contributed by atoms with Crippen LogP contribution in [0.4, 0.5) is 0 Å². The lowest BCUT2D eigenvalue weighted by Gasteiger charge is -2.28. The molecule has 1 aliphatic heterocycles. The molecule has 1 saturated heterocycles. The molecule has 1 amide bonds. The Bertz CT molecular complexity index is 1080. The third kappa shape index (κ3) is 4.70. The van der Waals surface area contributed by atoms with E-state index in [1.807, 2.05) is 44.0 Å². The molecule has 2 atom stereocenters. The molecule has 2 unspecified atom stereocenters. The second-order valence-corrected chi connectivity index (χ2v) is 12.0. The standard InChI is InChI=1S/C26H33NO4S/c1-18(2)31-23-10-8-20(9-11-23)22-7-5-6-21(16-22)19(3)27(4)25(28)24-17-26(24)12-14-32(29,30)15-13-26/h5-11,16,18-19,24H,12-15,17H2,1-4H3. The number of carbonyl (C=O) groups is 1. The van der Waals surface area contributed by atoms with E-state index in [2.05, 4.69) is 37.3 Å². The number of rotatable bonds is 6. The van der Waals surface area contributed by atoms with Gasteiger partial charge in [0.1, 0.15) is 15.6 Å². The fourth-order valence-corrected chi connectivity index (χ4v) is 6.47. The van der Waals surface area contributed by atoms with Gasteiger partial charge in [-0.25, -0.2) is 8.42 Å². The van der Waals surface area contributed by atoms with Crippen LogP contribution in [0.15, 0.2) is 48.5 Å². The summed E-state index contributed by atoms with van der Waals surface area (Å²) in [5.41, 5.74) is 3.21. The van der Waals surface area contributed by atoms with E-state index in [1.54, 1.807) is 0 Å². The third-order valence-corrected chi connectivity index (χ3v) is 8.82.